The number of benzene rings is 1. The van der Waals surface area contributed by atoms with E-state index in [9.17, 15) is 9.59 Å². The second-order valence-electron chi connectivity index (χ2n) is 5.95. The van der Waals surface area contributed by atoms with Gasteiger partial charge in [-0.15, -0.1) is 0 Å². The molecule has 1 aromatic carbocycles. The van der Waals surface area contributed by atoms with E-state index in [0.29, 0.717) is 23.7 Å². The van der Waals surface area contributed by atoms with Crippen LogP contribution in [-0.4, -0.2) is 17.9 Å². The molecule has 4 N–H and O–H groups in total. The van der Waals surface area contributed by atoms with Crippen molar-refractivity contribution in [2.45, 2.75) is 40.2 Å². The number of nitrogens with one attached hydrogen (secondary N) is 2. The molecule has 0 aliphatic carbocycles. The first-order valence-corrected chi connectivity index (χ1v) is 7.27. The van der Waals surface area contributed by atoms with Gasteiger partial charge in [-0.05, 0) is 36.6 Å². The summed E-state index contributed by atoms with van der Waals surface area (Å²) in [5.74, 6) is 0.0752. The van der Waals surface area contributed by atoms with Crippen molar-refractivity contribution in [2.75, 3.05) is 10.6 Å². The SMILES string of the molecule is CC(C)C[C@H](N)C(=O)Nc1ccc(NC(=O)C(C)C)cc1. The lowest BCUT2D eigenvalue weighted by atomic mass is 10.0. The van der Waals surface area contributed by atoms with Gasteiger partial charge in [0.15, 0.2) is 0 Å². The highest BCUT2D eigenvalue weighted by molar-refractivity contribution is 5.95. The van der Waals surface area contributed by atoms with Crippen LogP contribution in [0.3, 0.4) is 0 Å². The molecule has 0 unspecified atom stereocenters. The number of hydrogen-bond acceptors (Lipinski definition) is 3. The Bertz CT molecular complexity index is 481. The molecule has 0 spiro atoms. The van der Waals surface area contributed by atoms with Crippen LogP contribution in [0, 0.1) is 11.8 Å². The number of carbonyl (C=O) groups is 2. The molecule has 0 aliphatic heterocycles. The Morgan fingerprint density at radius 1 is 0.952 bits per heavy atom. The maximum absolute atomic E-state index is 11.9. The van der Waals surface area contributed by atoms with Crippen LogP contribution in [0.25, 0.3) is 0 Å². The highest BCUT2D eigenvalue weighted by atomic mass is 16.2. The zero-order valence-electron chi connectivity index (χ0n) is 13.1. The Kier molecular flexibility index (Phi) is 6.37. The van der Waals surface area contributed by atoms with Gasteiger partial charge in [-0.2, -0.15) is 0 Å². The fraction of sp³-hybridized carbons (Fsp3) is 0.500. The van der Waals surface area contributed by atoms with Gasteiger partial charge in [0.2, 0.25) is 11.8 Å². The van der Waals surface area contributed by atoms with E-state index in [-0.39, 0.29) is 17.7 Å². The molecule has 0 radical (unpaired) electrons. The maximum atomic E-state index is 11.9. The first kappa shape index (κ1) is 17.2. The smallest absolute Gasteiger partial charge is 0.241 e. The Labute approximate surface area is 126 Å². The summed E-state index contributed by atoms with van der Waals surface area (Å²) in [6, 6.07) is 6.49. The van der Waals surface area contributed by atoms with Crippen molar-refractivity contribution in [3.8, 4) is 0 Å². The normalized spacial score (nSPS) is 12.3. The van der Waals surface area contributed by atoms with E-state index in [1.807, 2.05) is 27.7 Å². The number of amides is 2. The van der Waals surface area contributed by atoms with E-state index in [2.05, 4.69) is 10.6 Å². The van der Waals surface area contributed by atoms with Crippen LogP contribution < -0.4 is 16.4 Å². The van der Waals surface area contributed by atoms with E-state index in [1.165, 1.54) is 0 Å². The molecule has 1 rings (SSSR count). The minimum atomic E-state index is -0.509. The van der Waals surface area contributed by atoms with E-state index in [1.54, 1.807) is 24.3 Å². The average Bonchev–Trinajstić information content (AvgIpc) is 2.39. The molecule has 0 aliphatic rings. The lowest BCUT2D eigenvalue weighted by Crippen LogP contribution is -2.36. The molecule has 0 bridgehead atoms. The highest BCUT2D eigenvalue weighted by Gasteiger charge is 2.15. The molecular weight excluding hydrogens is 266 g/mol. The predicted molar refractivity (Wildman–Crippen MR) is 86.0 cm³/mol. The number of hydrogen-bond donors (Lipinski definition) is 3. The van der Waals surface area contributed by atoms with Gasteiger partial charge in [0.25, 0.3) is 0 Å². The topological polar surface area (TPSA) is 84.2 Å². The maximum Gasteiger partial charge on any atom is 0.241 e. The number of nitrogens with two attached hydrogens (primary N) is 1. The predicted octanol–water partition coefficient (Wildman–Crippen LogP) is 2.59. The quantitative estimate of drug-likeness (QED) is 0.753. The van der Waals surface area contributed by atoms with E-state index >= 15 is 0 Å². The van der Waals surface area contributed by atoms with Gasteiger partial charge in [-0.25, -0.2) is 0 Å². The van der Waals surface area contributed by atoms with Gasteiger partial charge in [0.1, 0.15) is 0 Å². The number of anilines is 2. The first-order valence-electron chi connectivity index (χ1n) is 7.27. The van der Waals surface area contributed by atoms with Crippen LogP contribution in [0.15, 0.2) is 24.3 Å². The van der Waals surface area contributed by atoms with Crippen LogP contribution in [0.2, 0.25) is 0 Å². The summed E-state index contributed by atoms with van der Waals surface area (Å²) >= 11 is 0. The molecular formula is C16H25N3O2. The van der Waals surface area contributed by atoms with Crippen molar-refractivity contribution in [1.29, 1.82) is 0 Å². The van der Waals surface area contributed by atoms with Gasteiger partial charge in [0.05, 0.1) is 6.04 Å². The second-order valence-corrected chi connectivity index (χ2v) is 5.95. The van der Waals surface area contributed by atoms with E-state index in [0.717, 1.165) is 0 Å². The van der Waals surface area contributed by atoms with Crippen molar-refractivity contribution < 1.29 is 9.59 Å². The monoisotopic (exact) mass is 291 g/mol. The molecule has 5 nitrogen and oxygen atoms in total. The molecule has 0 fully saturated rings. The average molecular weight is 291 g/mol. The molecule has 21 heavy (non-hydrogen) atoms. The minimum Gasteiger partial charge on any atom is -0.326 e. The Morgan fingerprint density at radius 2 is 1.38 bits per heavy atom. The van der Waals surface area contributed by atoms with Crippen LogP contribution in [0.4, 0.5) is 11.4 Å². The largest absolute Gasteiger partial charge is 0.326 e. The van der Waals surface area contributed by atoms with Crippen LogP contribution in [0.1, 0.15) is 34.1 Å². The third-order valence-corrected chi connectivity index (χ3v) is 3.01. The highest BCUT2D eigenvalue weighted by Crippen LogP contribution is 2.15. The minimum absolute atomic E-state index is 0.0364. The summed E-state index contributed by atoms with van der Waals surface area (Å²) in [7, 11) is 0. The lowest BCUT2D eigenvalue weighted by molar-refractivity contribution is -0.119. The zero-order chi connectivity index (χ0) is 16.0. The summed E-state index contributed by atoms with van der Waals surface area (Å²) in [4.78, 5) is 23.5. The Balaban J connectivity index is 2.58. The summed E-state index contributed by atoms with van der Waals surface area (Å²) in [6.07, 6.45) is 0.647. The molecule has 1 aromatic rings. The molecule has 0 aromatic heterocycles. The number of carbonyl (C=O) groups excluding carboxylic acids is 2. The summed E-state index contributed by atoms with van der Waals surface area (Å²) in [5, 5.41) is 5.57. The van der Waals surface area contributed by atoms with E-state index < -0.39 is 6.04 Å². The van der Waals surface area contributed by atoms with Crippen LogP contribution >= 0.6 is 0 Å². The lowest BCUT2D eigenvalue weighted by Gasteiger charge is -2.14. The fourth-order valence-corrected chi connectivity index (χ4v) is 1.77. The van der Waals surface area contributed by atoms with Crippen molar-refractivity contribution in [3.63, 3.8) is 0 Å². The molecule has 0 heterocycles. The zero-order valence-corrected chi connectivity index (χ0v) is 13.1. The van der Waals surface area contributed by atoms with Gasteiger partial charge in [-0.1, -0.05) is 27.7 Å². The van der Waals surface area contributed by atoms with Gasteiger partial charge >= 0.3 is 0 Å². The summed E-state index contributed by atoms with van der Waals surface area (Å²) in [5.41, 5.74) is 7.20. The summed E-state index contributed by atoms with van der Waals surface area (Å²) in [6.45, 7) is 7.72. The van der Waals surface area contributed by atoms with Crippen LogP contribution in [0.5, 0.6) is 0 Å². The standard InChI is InChI=1S/C16H25N3O2/c1-10(2)9-14(17)16(21)19-13-7-5-12(6-8-13)18-15(20)11(3)4/h5-8,10-11,14H,9,17H2,1-4H3,(H,18,20)(H,19,21)/t14-/m0/s1. The molecule has 0 saturated carbocycles. The second kappa shape index (κ2) is 7.78. The van der Waals surface area contributed by atoms with Crippen molar-refractivity contribution >= 4 is 23.2 Å². The third kappa shape index (κ3) is 5.95. The fourth-order valence-electron chi connectivity index (χ4n) is 1.77. The van der Waals surface area contributed by atoms with Crippen molar-refractivity contribution in [3.05, 3.63) is 24.3 Å². The van der Waals surface area contributed by atoms with Gasteiger partial charge in [0, 0.05) is 17.3 Å². The third-order valence-electron chi connectivity index (χ3n) is 3.01. The summed E-state index contributed by atoms with van der Waals surface area (Å²) < 4.78 is 0. The Morgan fingerprint density at radius 3 is 1.76 bits per heavy atom. The molecule has 2 amide bonds. The van der Waals surface area contributed by atoms with Crippen molar-refractivity contribution in [2.24, 2.45) is 17.6 Å². The molecule has 116 valence electrons. The van der Waals surface area contributed by atoms with E-state index in [4.69, 9.17) is 5.73 Å². The molecule has 5 heteroatoms. The Hall–Kier alpha value is -1.88. The first-order chi connectivity index (χ1) is 9.79. The number of rotatable bonds is 6. The van der Waals surface area contributed by atoms with Crippen LogP contribution in [-0.2, 0) is 9.59 Å². The van der Waals surface area contributed by atoms with Gasteiger partial charge < -0.3 is 16.4 Å². The molecule has 0 saturated heterocycles. The van der Waals surface area contributed by atoms with Crippen molar-refractivity contribution in [1.82, 2.24) is 0 Å². The molecule has 1 atom stereocenters. The van der Waals surface area contributed by atoms with Gasteiger partial charge in [-0.3, -0.25) is 9.59 Å².